The maximum atomic E-state index is 12.4. The van der Waals surface area contributed by atoms with Crippen LogP contribution in [0.15, 0.2) is 48.5 Å². The smallest absolute Gasteiger partial charge is 0.361 e. The van der Waals surface area contributed by atoms with Gasteiger partial charge in [-0.2, -0.15) is 15.2 Å². The number of para-hydroxylation sites is 1. The topological polar surface area (TPSA) is 110 Å². The normalized spacial score (nSPS) is 11.4. The van der Waals surface area contributed by atoms with Crippen LogP contribution in [0.3, 0.4) is 0 Å². The molecule has 2 aromatic carbocycles. The van der Waals surface area contributed by atoms with Gasteiger partial charge in [-0.3, -0.25) is 4.79 Å². The molecule has 3 rings (SSSR count). The van der Waals surface area contributed by atoms with Gasteiger partial charge >= 0.3 is 5.97 Å². The predicted octanol–water partition coefficient (Wildman–Crippen LogP) is 3.28. The van der Waals surface area contributed by atoms with Gasteiger partial charge in [-0.1, -0.05) is 29.8 Å². The van der Waals surface area contributed by atoms with Crippen molar-refractivity contribution in [1.29, 1.82) is 5.26 Å². The fraction of sp³-hybridized carbons (Fsp3) is 0.150. The monoisotopic (exact) mass is 409 g/mol. The summed E-state index contributed by atoms with van der Waals surface area (Å²) < 4.78 is 5.22. The van der Waals surface area contributed by atoms with Gasteiger partial charge in [-0.25, -0.2) is 4.79 Å². The fourth-order valence-electron chi connectivity index (χ4n) is 2.44. The molecule has 0 spiro atoms. The lowest BCUT2D eigenvalue weighted by atomic mass is 10.2. The number of hydrogen-bond acceptors (Lipinski definition) is 6. The van der Waals surface area contributed by atoms with Crippen LogP contribution in [0.5, 0.6) is 0 Å². The van der Waals surface area contributed by atoms with Gasteiger partial charge in [-0.15, -0.1) is 5.10 Å². The number of ether oxygens (including phenoxy) is 1. The number of carbonyl (C=O) groups is 2. The Labute approximate surface area is 171 Å². The number of hydrogen-bond donors (Lipinski definition) is 1. The Morgan fingerprint density at radius 1 is 1.21 bits per heavy atom. The molecule has 29 heavy (non-hydrogen) atoms. The van der Waals surface area contributed by atoms with Crippen molar-refractivity contribution in [1.82, 2.24) is 15.0 Å². The number of amides is 1. The largest absolute Gasteiger partial charge is 0.448 e. The molecule has 3 aromatic rings. The number of esters is 1. The summed E-state index contributed by atoms with van der Waals surface area (Å²) in [5.74, 6) is -1.31. The highest BCUT2D eigenvalue weighted by Gasteiger charge is 2.23. The fourth-order valence-corrected chi connectivity index (χ4v) is 2.66. The summed E-state index contributed by atoms with van der Waals surface area (Å²) in [6, 6.07) is 15.5. The summed E-state index contributed by atoms with van der Waals surface area (Å²) in [7, 11) is 0. The molecule has 0 aliphatic rings. The molecule has 0 unspecified atom stereocenters. The molecule has 0 saturated heterocycles. The lowest BCUT2D eigenvalue weighted by Crippen LogP contribution is -2.30. The number of carbonyl (C=O) groups excluding carboxylic acids is 2. The average Bonchev–Trinajstić information content (AvgIpc) is 3.10. The summed E-state index contributed by atoms with van der Waals surface area (Å²) in [4.78, 5) is 26.1. The molecule has 1 heterocycles. The highest BCUT2D eigenvalue weighted by Crippen LogP contribution is 2.20. The van der Waals surface area contributed by atoms with E-state index in [1.54, 1.807) is 19.1 Å². The van der Waals surface area contributed by atoms with Crippen LogP contribution in [0.1, 0.15) is 28.7 Å². The summed E-state index contributed by atoms with van der Waals surface area (Å²) in [6.45, 7) is 3.07. The Kier molecular flexibility index (Phi) is 5.90. The molecule has 0 saturated carbocycles. The second kappa shape index (κ2) is 8.54. The highest BCUT2D eigenvalue weighted by molar-refractivity contribution is 6.32. The second-order valence-electron chi connectivity index (χ2n) is 6.10. The Morgan fingerprint density at radius 3 is 2.59 bits per heavy atom. The van der Waals surface area contributed by atoms with Crippen LogP contribution in [0, 0.1) is 18.3 Å². The molecule has 146 valence electrons. The predicted molar refractivity (Wildman–Crippen MR) is 106 cm³/mol. The van der Waals surface area contributed by atoms with Crippen LogP contribution in [0.4, 0.5) is 5.69 Å². The van der Waals surface area contributed by atoms with Crippen molar-refractivity contribution in [2.45, 2.75) is 20.0 Å². The average molecular weight is 410 g/mol. The van der Waals surface area contributed by atoms with Crippen LogP contribution in [0.2, 0.25) is 5.02 Å². The molecule has 1 amide bonds. The number of nitriles is 1. The van der Waals surface area contributed by atoms with Crippen molar-refractivity contribution < 1.29 is 14.3 Å². The van der Waals surface area contributed by atoms with E-state index in [4.69, 9.17) is 21.6 Å². The van der Waals surface area contributed by atoms with Crippen LogP contribution in [-0.2, 0) is 9.53 Å². The van der Waals surface area contributed by atoms with Gasteiger partial charge in [0.05, 0.1) is 22.0 Å². The molecule has 8 nitrogen and oxygen atoms in total. The minimum Gasteiger partial charge on any atom is -0.448 e. The van der Waals surface area contributed by atoms with Gasteiger partial charge in [0.15, 0.2) is 11.8 Å². The molecule has 0 radical (unpaired) electrons. The van der Waals surface area contributed by atoms with Gasteiger partial charge in [0.2, 0.25) is 0 Å². The summed E-state index contributed by atoms with van der Waals surface area (Å²) >= 11 is 5.95. The molecular weight excluding hydrogens is 394 g/mol. The third kappa shape index (κ3) is 4.59. The minimum atomic E-state index is -1.09. The zero-order valence-electron chi connectivity index (χ0n) is 15.6. The maximum Gasteiger partial charge on any atom is 0.361 e. The van der Waals surface area contributed by atoms with Gasteiger partial charge in [-0.05, 0) is 44.2 Å². The summed E-state index contributed by atoms with van der Waals surface area (Å²) in [5, 5.41) is 20.1. The van der Waals surface area contributed by atoms with E-state index in [2.05, 4.69) is 15.5 Å². The minimum absolute atomic E-state index is 0.0231. The van der Waals surface area contributed by atoms with Crippen LogP contribution < -0.4 is 5.32 Å². The van der Waals surface area contributed by atoms with E-state index >= 15 is 0 Å². The van der Waals surface area contributed by atoms with Crippen molar-refractivity contribution >= 4 is 29.2 Å². The van der Waals surface area contributed by atoms with Crippen molar-refractivity contribution in [2.75, 3.05) is 5.32 Å². The molecule has 0 bridgehead atoms. The van der Waals surface area contributed by atoms with E-state index in [-0.39, 0.29) is 10.7 Å². The number of anilines is 1. The van der Waals surface area contributed by atoms with E-state index in [0.29, 0.717) is 22.6 Å². The lowest BCUT2D eigenvalue weighted by Gasteiger charge is -2.13. The first-order valence-corrected chi connectivity index (χ1v) is 8.97. The third-order valence-corrected chi connectivity index (χ3v) is 4.29. The Bertz CT molecular complexity index is 1110. The second-order valence-corrected chi connectivity index (χ2v) is 6.51. The molecule has 1 N–H and O–H groups in total. The summed E-state index contributed by atoms with van der Waals surface area (Å²) in [6.07, 6.45) is -1.09. The number of halogens is 1. The number of benzene rings is 2. The Balaban J connectivity index is 1.67. The standard InChI is InChI=1S/C20H16ClN5O3/c1-12-18(25-26(24-12)16-6-4-3-5-7-16)20(28)29-13(2)19(27)23-15-9-8-14(11-22)17(21)10-15/h3-10,13H,1-2H3,(H,23,27)/t13-/m0/s1. The van der Waals surface area contributed by atoms with E-state index in [0.717, 1.165) is 0 Å². The van der Waals surface area contributed by atoms with Crippen LogP contribution >= 0.6 is 11.6 Å². The molecule has 1 aromatic heterocycles. The highest BCUT2D eigenvalue weighted by atomic mass is 35.5. The Hall–Kier alpha value is -3.70. The van der Waals surface area contributed by atoms with Crippen molar-refractivity contribution in [2.24, 2.45) is 0 Å². The SMILES string of the molecule is Cc1nn(-c2ccccc2)nc1C(=O)O[C@@H](C)C(=O)Nc1ccc(C#N)c(Cl)c1. The first-order chi connectivity index (χ1) is 13.9. The molecule has 0 aliphatic heterocycles. The van der Waals surface area contributed by atoms with Gasteiger partial charge in [0.1, 0.15) is 6.07 Å². The van der Waals surface area contributed by atoms with E-state index in [1.807, 2.05) is 24.3 Å². The molecule has 9 heteroatoms. The zero-order chi connectivity index (χ0) is 21.0. The lowest BCUT2D eigenvalue weighted by molar-refractivity contribution is -0.123. The third-order valence-electron chi connectivity index (χ3n) is 3.97. The van der Waals surface area contributed by atoms with Crippen molar-refractivity contribution in [3.8, 4) is 11.8 Å². The quantitative estimate of drug-likeness (QED) is 0.647. The number of nitrogens with one attached hydrogen (secondary N) is 1. The first-order valence-electron chi connectivity index (χ1n) is 8.60. The van der Waals surface area contributed by atoms with Crippen molar-refractivity contribution in [3.05, 3.63) is 70.5 Å². The van der Waals surface area contributed by atoms with Crippen LogP contribution in [-0.4, -0.2) is 33.0 Å². The number of aromatic nitrogens is 3. The zero-order valence-corrected chi connectivity index (χ0v) is 16.3. The molecule has 0 aliphatic carbocycles. The number of aryl methyl sites for hydroxylation is 1. The first kappa shape index (κ1) is 20.0. The van der Waals surface area contributed by atoms with Gasteiger partial charge in [0.25, 0.3) is 5.91 Å². The van der Waals surface area contributed by atoms with E-state index in [9.17, 15) is 9.59 Å². The number of nitrogens with zero attached hydrogens (tertiary/aromatic N) is 4. The molecular formula is C20H16ClN5O3. The maximum absolute atomic E-state index is 12.4. The van der Waals surface area contributed by atoms with E-state index in [1.165, 1.54) is 29.9 Å². The number of rotatable bonds is 5. The molecule has 1 atom stereocenters. The van der Waals surface area contributed by atoms with Gasteiger partial charge < -0.3 is 10.1 Å². The van der Waals surface area contributed by atoms with E-state index < -0.39 is 18.0 Å². The van der Waals surface area contributed by atoms with Gasteiger partial charge in [0, 0.05) is 5.69 Å². The summed E-state index contributed by atoms with van der Waals surface area (Å²) in [5.41, 5.74) is 1.77. The Morgan fingerprint density at radius 2 is 1.93 bits per heavy atom. The molecule has 0 fully saturated rings. The van der Waals surface area contributed by atoms with Crippen LogP contribution in [0.25, 0.3) is 5.69 Å². The van der Waals surface area contributed by atoms with Crippen molar-refractivity contribution in [3.63, 3.8) is 0 Å².